The number of fused-ring (bicyclic) bond motifs is 1. The summed E-state index contributed by atoms with van der Waals surface area (Å²) >= 11 is 0. The number of aromatic nitrogens is 3. The van der Waals surface area contributed by atoms with Gasteiger partial charge in [0.25, 0.3) is 0 Å². The van der Waals surface area contributed by atoms with Crippen molar-refractivity contribution in [2.75, 3.05) is 25.0 Å². The number of nitrogens with zero attached hydrogens (tertiary/aromatic N) is 5. The van der Waals surface area contributed by atoms with Crippen molar-refractivity contribution in [3.63, 3.8) is 0 Å². The Morgan fingerprint density at radius 1 is 1.09 bits per heavy atom. The van der Waals surface area contributed by atoms with Gasteiger partial charge < -0.3 is 19.7 Å². The van der Waals surface area contributed by atoms with Gasteiger partial charge in [0.05, 0.1) is 17.3 Å². The number of amides is 3. The van der Waals surface area contributed by atoms with Crippen molar-refractivity contribution in [1.29, 1.82) is 0 Å². The minimum absolute atomic E-state index is 0.0787. The summed E-state index contributed by atoms with van der Waals surface area (Å²) in [5.74, 6) is 1.51. The fourth-order valence-electron chi connectivity index (χ4n) is 4.53. The highest BCUT2D eigenvalue weighted by Gasteiger charge is 2.35. The lowest BCUT2D eigenvalue weighted by atomic mass is 10.0. The van der Waals surface area contributed by atoms with Gasteiger partial charge in [0, 0.05) is 39.0 Å². The number of para-hydroxylation sites is 1. The number of hydrogen-bond acceptors (Lipinski definition) is 4. The van der Waals surface area contributed by atoms with E-state index in [1.807, 2.05) is 16.4 Å². The lowest BCUT2D eigenvalue weighted by Gasteiger charge is -2.35. The third-order valence-electron chi connectivity index (χ3n) is 6.24. The molecule has 33 heavy (non-hydrogen) atoms. The number of carbonyl (C=O) groups excluding carboxylic acids is 2. The Morgan fingerprint density at radius 3 is 2.64 bits per heavy atom. The second-order valence-electron chi connectivity index (χ2n) is 8.29. The molecule has 178 valence electrons. The van der Waals surface area contributed by atoms with Gasteiger partial charge in [0.2, 0.25) is 5.91 Å². The Hall–Kier alpha value is -3.11. The molecule has 0 bridgehead atoms. The Labute approximate surface area is 189 Å². The predicted molar refractivity (Wildman–Crippen MR) is 114 cm³/mol. The minimum atomic E-state index is -4.56. The number of halogens is 3. The van der Waals surface area contributed by atoms with Gasteiger partial charge in [-0.2, -0.15) is 13.2 Å². The van der Waals surface area contributed by atoms with Gasteiger partial charge in [-0.15, -0.1) is 10.2 Å². The molecule has 4 rings (SSSR count). The average molecular weight is 464 g/mol. The molecule has 0 aliphatic carbocycles. The van der Waals surface area contributed by atoms with Gasteiger partial charge in [0.1, 0.15) is 5.82 Å². The smallest absolute Gasteiger partial charge is 0.332 e. The number of alkyl halides is 3. The topological polar surface area (TPSA) is 83.4 Å². The largest absolute Gasteiger partial charge is 0.418 e. The lowest BCUT2D eigenvalue weighted by molar-refractivity contribution is -0.137. The van der Waals surface area contributed by atoms with Gasteiger partial charge in [-0.1, -0.05) is 19.1 Å². The highest BCUT2D eigenvalue weighted by atomic mass is 19.4. The van der Waals surface area contributed by atoms with Crippen LogP contribution in [0.15, 0.2) is 24.3 Å². The highest BCUT2D eigenvalue weighted by molar-refractivity contribution is 5.90. The molecule has 0 spiro atoms. The van der Waals surface area contributed by atoms with E-state index >= 15 is 0 Å². The van der Waals surface area contributed by atoms with E-state index in [9.17, 15) is 22.8 Å². The number of anilines is 1. The van der Waals surface area contributed by atoms with Crippen LogP contribution in [0.25, 0.3) is 0 Å². The van der Waals surface area contributed by atoms with Crippen molar-refractivity contribution < 1.29 is 22.8 Å². The molecule has 2 aromatic rings. The van der Waals surface area contributed by atoms with E-state index in [0.29, 0.717) is 44.8 Å². The molecule has 1 atom stereocenters. The number of benzene rings is 1. The molecule has 2 aliphatic heterocycles. The molecular formula is C22H27F3N6O2. The first kappa shape index (κ1) is 23.1. The van der Waals surface area contributed by atoms with Crippen LogP contribution in [0.4, 0.5) is 23.7 Å². The van der Waals surface area contributed by atoms with Crippen LogP contribution in [-0.4, -0.2) is 56.1 Å². The zero-order chi connectivity index (χ0) is 23.6. The second kappa shape index (κ2) is 9.40. The van der Waals surface area contributed by atoms with E-state index in [2.05, 4.69) is 15.5 Å². The third-order valence-corrected chi connectivity index (χ3v) is 6.24. The summed E-state index contributed by atoms with van der Waals surface area (Å²) in [6.07, 6.45) is -0.958. The first-order valence-corrected chi connectivity index (χ1v) is 11.2. The Kier molecular flexibility index (Phi) is 6.57. The average Bonchev–Trinajstić information content (AvgIpc) is 3.08. The van der Waals surface area contributed by atoms with Crippen LogP contribution in [0.1, 0.15) is 55.9 Å². The summed E-state index contributed by atoms with van der Waals surface area (Å²) in [5, 5.41) is 11.1. The van der Waals surface area contributed by atoms with Crippen LogP contribution in [0.5, 0.6) is 0 Å². The SMILES string of the molecule is CCC(=O)N1CCCCC1c1nnc2n1CCN(C(=O)Nc1ccccc1C(F)(F)F)CC2. The maximum atomic E-state index is 13.3. The molecule has 1 saturated heterocycles. The Morgan fingerprint density at radius 2 is 1.88 bits per heavy atom. The van der Waals surface area contributed by atoms with Crippen LogP contribution in [0, 0.1) is 0 Å². The molecule has 11 heteroatoms. The summed E-state index contributed by atoms with van der Waals surface area (Å²) in [6.45, 7) is 3.54. The Bertz CT molecular complexity index is 1020. The molecule has 1 fully saturated rings. The van der Waals surface area contributed by atoms with E-state index < -0.39 is 17.8 Å². The number of hydrogen-bond donors (Lipinski definition) is 1. The lowest BCUT2D eigenvalue weighted by Crippen LogP contribution is -2.40. The molecule has 3 heterocycles. The first-order valence-electron chi connectivity index (χ1n) is 11.2. The van der Waals surface area contributed by atoms with Crippen LogP contribution < -0.4 is 5.32 Å². The van der Waals surface area contributed by atoms with Gasteiger partial charge in [-0.05, 0) is 31.4 Å². The van der Waals surface area contributed by atoms with Crippen molar-refractivity contribution in [3.05, 3.63) is 41.5 Å². The van der Waals surface area contributed by atoms with E-state index in [-0.39, 0.29) is 17.6 Å². The monoisotopic (exact) mass is 464 g/mol. The molecule has 0 saturated carbocycles. The van der Waals surface area contributed by atoms with Crippen LogP contribution in [-0.2, 0) is 23.9 Å². The molecule has 1 N–H and O–H groups in total. The van der Waals surface area contributed by atoms with Gasteiger partial charge >= 0.3 is 12.2 Å². The molecular weight excluding hydrogens is 437 g/mol. The fraction of sp³-hybridized carbons (Fsp3) is 0.545. The van der Waals surface area contributed by atoms with Crippen molar-refractivity contribution in [2.45, 2.75) is 57.8 Å². The number of rotatable bonds is 3. The van der Waals surface area contributed by atoms with E-state index in [0.717, 1.165) is 31.2 Å². The predicted octanol–water partition coefficient (Wildman–Crippen LogP) is 3.85. The zero-order valence-electron chi connectivity index (χ0n) is 18.4. The molecule has 8 nitrogen and oxygen atoms in total. The summed E-state index contributed by atoms with van der Waals surface area (Å²) in [5.41, 5.74) is -1.15. The maximum absolute atomic E-state index is 13.3. The molecule has 3 amide bonds. The second-order valence-corrected chi connectivity index (χ2v) is 8.29. The minimum Gasteiger partial charge on any atom is -0.332 e. The number of carbonyl (C=O) groups is 2. The number of urea groups is 1. The number of likely N-dealkylation sites (tertiary alicyclic amines) is 1. The van der Waals surface area contributed by atoms with E-state index in [1.165, 1.54) is 23.1 Å². The molecule has 0 radical (unpaired) electrons. The first-order chi connectivity index (χ1) is 15.8. The summed E-state index contributed by atoms with van der Waals surface area (Å²) in [4.78, 5) is 28.6. The Balaban J connectivity index is 1.49. The highest BCUT2D eigenvalue weighted by Crippen LogP contribution is 2.35. The van der Waals surface area contributed by atoms with Gasteiger partial charge in [-0.3, -0.25) is 4.79 Å². The third kappa shape index (κ3) is 4.81. The van der Waals surface area contributed by atoms with E-state index in [4.69, 9.17) is 0 Å². The normalized spacial score (nSPS) is 19.1. The zero-order valence-corrected chi connectivity index (χ0v) is 18.4. The summed E-state index contributed by atoms with van der Waals surface area (Å²) in [6, 6.07) is 4.19. The van der Waals surface area contributed by atoms with E-state index in [1.54, 1.807) is 0 Å². The van der Waals surface area contributed by atoms with Crippen LogP contribution in [0.2, 0.25) is 0 Å². The van der Waals surface area contributed by atoms with Crippen molar-refractivity contribution >= 4 is 17.6 Å². The van der Waals surface area contributed by atoms with Crippen LogP contribution >= 0.6 is 0 Å². The molecule has 1 aromatic heterocycles. The quantitative estimate of drug-likeness (QED) is 0.748. The molecule has 1 unspecified atom stereocenters. The van der Waals surface area contributed by atoms with Crippen molar-refractivity contribution in [2.24, 2.45) is 0 Å². The van der Waals surface area contributed by atoms with Crippen LogP contribution in [0.3, 0.4) is 0 Å². The van der Waals surface area contributed by atoms with Gasteiger partial charge in [-0.25, -0.2) is 4.79 Å². The van der Waals surface area contributed by atoms with Crippen molar-refractivity contribution in [3.8, 4) is 0 Å². The van der Waals surface area contributed by atoms with Gasteiger partial charge in [0.15, 0.2) is 5.82 Å². The molecule has 1 aromatic carbocycles. The molecule has 2 aliphatic rings. The number of piperidine rings is 1. The fourth-order valence-corrected chi connectivity index (χ4v) is 4.53. The number of nitrogens with one attached hydrogen (secondary N) is 1. The standard InChI is InChI=1S/C22H27F3N6O2/c1-2-19(32)30-11-6-5-9-17(30)20-28-27-18-10-12-29(13-14-31(18)20)21(33)26-16-8-4-3-7-15(16)22(23,24)25/h3-4,7-8,17H,2,5-6,9-14H2,1H3,(H,26,33). The summed E-state index contributed by atoms with van der Waals surface area (Å²) in [7, 11) is 0. The summed E-state index contributed by atoms with van der Waals surface area (Å²) < 4.78 is 41.8. The maximum Gasteiger partial charge on any atom is 0.418 e. The van der Waals surface area contributed by atoms with Crippen molar-refractivity contribution in [1.82, 2.24) is 24.6 Å².